The van der Waals surface area contributed by atoms with Crippen molar-refractivity contribution in [2.75, 3.05) is 4.72 Å². The number of hydrogen-bond acceptors (Lipinski definition) is 4. The molecule has 0 unspecified atom stereocenters. The van der Waals surface area contributed by atoms with Gasteiger partial charge in [0.05, 0.1) is 5.75 Å². The average Bonchev–Trinajstić information content (AvgIpc) is 2.63. The highest BCUT2D eigenvalue weighted by atomic mass is 35.5. The first-order valence-corrected chi connectivity index (χ1v) is 11.1. The fraction of sp³-hybridized carbons (Fsp3) is 0.182. The molecule has 0 heterocycles. The van der Waals surface area contributed by atoms with Crippen LogP contribution in [0.25, 0.3) is 11.1 Å². The molecule has 0 fully saturated rings. The largest absolute Gasteiger partial charge is 0.508 e. The van der Waals surface area contributed by atoms with Gasteiger partial charge in [-0.25, -0.2) is 8.42 Å². The fourth-order valence-electron chi connectivity index (χ4n) is 3.05. The van der Waals surface area contributed by atoms with Crippen molar-refractivity contribution in [2.24, 2.45) is 0 Å². The van der Waals surface area contributed by atoms with Crippen molar-refractivity contribution in [1.82, 2.24) is 0 Å². The van der Waals surface area contributed by atoms with E-state index in [1.807, 2.05) is 13.8 Å². The number of halogens is 1. The number of aromatic hydroxyl groups is 2. The van der Waals surface area contributed by atoms with Crippen molar-refractivity contribution >= 4 is 27.3 Å². The van der Waals surface area contributed by atoms with E-state index in [2.05, 4.69) is 4.72 Å². The molecule has 0 radical (unpaired) electrons. The molecule has 0 aliphatic carbocycles. The Kier molecular flexibility index (Phi) is 6.05. The second kappa shape index (κ2) is 8.35. The zero-order valence-electron chi connectivity index (χ0n) is 16.1. The van der Waals surface area contributed by atoms with Crippen molar-refractivity contribution in [1.29, 1.82) is 0 Å². The van der Waals surface area contributed by atoms with Crippen LogP contribution in [-0.4, -0.2) is 18.6 Å². The maximum absolute atomic E-state index is 12.5. The molecule has 0 saturated carbocycles. The van der Waals surface area contributed by atoms with Crippen molar-refractivity contribution in [3.63, 3.8) is 0 Å². The molecule has 3 aromatic carbocycles. The first-order chi connectivity index (χ1) is 13.6. The Labute approximate surface area is 175 Å². The molecule has 0 saturated heterocycles. The predicted octanol–water partition coefficient (Wildman–Crippen LogP) is 5.48. The third kappa shape index (κ3) is 5.22. The molecule has 0 aromatic heterocycles. The quantitative estimate of drug-likeness (QED) is 0.482. The summed E-state index contributed by atoms with van der Waals surface area (Å²) in [7, 11) is -3.63. The number of anilines is 1. The summed E-state index contributed by atoms with van der Waals surface area (Å²) in [5, 5.41) is 20.9. The number of hydrogen-bond donors (Lipinski definition) is 3. The SMILES string of the molecule is CC(C)c1cc(-c2cccc(NS(=O)(=O)Cc3ccc(Cl)cc3)c2)c(O)cc1O. The Bertz CT molecular complexity index is 1130. The molecule has 7 heteroatoms. The molecule has 3 N–H and O–H groups in total. The Balaban J connectivity index is 1.88. The first kappa shape index (κ1) is 21.0. The number of sulfonamides is 1. The highest BCUT2D eigenvalue weighted by molar-refractivity contribution is 7.91. The lowest BCUT2D eigenvalue weighted by Crippen LogP contribution is -2.15. The third-order valence-corrected chi connectivity index (χ3v) is 6.00. The molecule has 0 aliphatic heterocycles. The van der Waals surface area contributed by atoms with Gasteiger partial charge in [-0.15, -0.1) is 0 Å². The zero-order valence-corrected chi connectivity index (χ0v) is 17.6. The van der Waals surface area contributed by atoms with E-state index >= 15 is 0 Å². The topological polar surface area (TPSA) is 86.6 Å². The molecule has 152 valence electrons. The molecule has 3 aromatic rings. The maximum atomic E-state index is 12.5. The molecule has 0 bridgehead atoms. The van der Waals surface area contributed by atoms with Gasteiger partial charge in [0, 0.05) is 22.3 Å². The van der Waals surface area contributed by atoms with Crippen molar-refractivity contribution in [3.05, 3.63) is 76.8 Å². The minimum Gasteiger partial charge on any atom is -0.508 e. The second-order valence-corrected chi connectivity index (χ2v) is 9.31. The van der Waals surface area contributed by atoms with Crippen LogP contribution in [0.15, 0.2) is 60.7 Å². The van der Waals surface area contributed by atoms with Crippen LogP contribution in [0.2, 0.25) is 5.02 Å². The lowest BCUT2D eigenvalue weighted by atomic mass is 9.95. The molecule has 29 heavy (non-hydrogen) atoms. The Hall–Kier alpha value is -2.70. The Morgan fingerprint density at radius 3 is 2.31 bits per heavy atom. The van der Waals surface area contributed by atoms with Crippen molar-refractivity contribution < 1.29 is 18.6 Å². The summed E-state index contributed by atoms with van der Waals surface area (Å²) in [6.45, 7) is 3.88. The maximum Gasteiger partial charge on any atom is 0.236 e. The van der Waals surface area contributed by atoms with Gasteiger partial charge in [0.15, 0.2) is 0 Å². The third-order valence-electron chi connectivity index (χ3n) is 4.48. The smallest absolute Gasteiger partial charge is 0.236 e. The van der Waals surface area contributed by atoms with E-state index in [1.165, 1.54) is 6.07 Å². The van der Waals surface area contributed by atoms with Gasteiger partial charge >= 0.3 is 0 Å². The van der Waals surface area contributed by atoms with Gasteiger partial charge in [-0.05, 0) is 52.9 Å². The summed E-state index contributed by atoms with van der Waals surface area (Å²) in [5.41, 5.74) is 2.86. The highest BCUT2D eigenvalue weighted by Gasteiger charge is 2.15. The van der Waals surface area contributed by atoms with Crippen LogP contribution in [0.3, 0.4) is 0 Å². The molecule has 0 spiro atoms. The van der Waals surface area contributed by atoms with Gasteiger partial charge in [0.2, 0.25) is 10.0 Å². The summed E-state index contributed by atoms with van der Waals surface area (Å²) >= 11 is 5.84. The van der Waals surface area contributed by atoms with E-state index in [-0.39, 0.29) is 23.2 Å². The lowest BCUT2D eigenvalue weighted by Gasteiger charge is -2.14. The van der Waals surface area contributed by atoms with Gasteiger partial charge in [-0.2, -0.15) is 0 Å². The van der Waals surface area contributed by atoms with E-state index in [0.29, 0.717) is 33.0 Å². The molecule has 0 aliphatic rings. The summed E-state index contributed by atoms with van der Waals surface area (Å²) in [4.78, 5) is 0. The van der Waals surface area contributed by atoms with E-state index in [9.17, 15) is 18.6 Å². The van der Waals surface area contributed by atoms with Crippen LogP contribution in [0, 0.1) is 0 Å². The zero-order chi connectivity index (χ0) is 21.2. The van der Waals surface area contributed by atoms with Gasteiger partial charge in [-0.3, -0.25) is 4.72 Å². The summed E-state index contributed by atoms with van der Waals surface area (Å²) in [6.07, 6.45) is 0. The Morgan fingerprint density at radius 1 is 0.966 bits per heavy atom. The molecular formula is C22H22ClNO4S. The van der Waals surface area contributed by atoms with Gasteiger partial charge < -0.3 is 10.2 Å². The summed E-state index contributed by atoms with van der Waals surface area (Å²) < 4.78 is 27.6. The number of rotatable bonds is 6. The molecule has 0 atom stereocenters. The predicted molar refractivity (Wildman–Crippen MR) is 117 cm³/mol. The minimum atomic E-state index is -3.63. The van der Waals surface area contributed by atoms with Gasteiger partial charge in [0.25, 0.3) is 0 Å². The standard InChI is InChI=1S/C22H22ClNO4S/c1-14(2)19-11-20(22(26)12-21(19)25)16-4-3-5-18(10-16)24-29(27,28)13-15-6-8-17(23)9-7-15/h3-12,14,24-26H,13H2,1-2H3. The molecular weight excluding hydrogens is 410 g/mol. The normalized spacial score (nSPS) is 11.6. The second-order valence-electron chi connectivity index (χ2n) is 7.15. The van der Waals surface area contributed by atoms with E-state index in [1.54, 1.807) is 54.6 Å². The van der Waals surface area contributed by atoms with E-state index in [0.717, 1.165) is 0 Å². The van der Waals surface area contributed by atoms with E-state index < -0.39 is 10.0 Å². The fourth-order valence-corrected chi connectivity index (χ4v) is 4.37. The lowest BCUT2D eigenvalue weighted by molar-refractivity contribution is 0.445. The molecule has 3 rings (SSSR count). The first-order valence-electron chi connectivity index (χ1n) is 9.06. The number of phenols is 2. The molecule has 5 nitrogen and oxygen atoms in total. The van der Waals surface area contributed by atoms with Gasteiger partial charge in [0.1, 0.15) is 11.5 Å². The number of nitrogens with one attached hydrogen (secondary N) is 1. The van der Waals surface area contributed by atoms with Crippen LogP contribution in [0.4, 0.5) is 5.69 Å². The molecule has 0 amide bonds. The monoisotopic (exact) mass is 431 g/mol. The minimum absolute atomic E-state index is 0.0288. The number of benzene rings is 3. The highest BCUT2D eigenvalue weighted by Crippen LogP contribution is 2.38. The summed E-state index contributed by atoms with van der Waals surface area (Å²) in [5.74, 6) is -0.166. The van der Waals surface area contributed by atoms with Crippen LogP contribution in [-0.2, 0) is 15.8 Å². The van der Waals surface area contributed by atoms with Crippen molar-refractivity contribution in [2.45, 2.75) is 25.5 Å². The van der Waals surface area contributed by atoms with E-state index in [4.69, 9.17) is 11.6 Å². The van der Waals surface area contributed by atoms with Crippen LogP contribution in [0.5, 0.6) is 11.5 Å². The van der Waals surface area contributed by atoms with Crippen molar-refractivity contribution in [3.8, 4) is 22.6 Å². The average molecular weight is 432 g/mol. The van der Waals surface area contributed by atoms with Crippen LogP contribution < -0.4 is 4.72 Å². The van der Waals surface area contributed by atoms with Crippen LogP contribution in [0.1, 0.15) is 30.9 Å². The van der Waals surface area contributed by atoms with Crippen LogP contribution >= 0.6 is 11.6 Å². The summed E-state index contributed by atoms with van der Waals surface area (Å²) in [6, 6.07) is 16.4. The number of phenolic OH excluding ortho intramolecular Hbond substituents is 2. The van der Waals surface area contributed by atoms with Gasteiger partial charge in [-0.1, -0.05) is 49.7 Å². The Morgan fingerprint density at radius 2 is 1.66 bits per heavy atom.